The smallest absolute Gasteiger partial charge is 0.220 e. The van der Waals surface area contributed by atoms with Gasteiger partial charge in [0, 0.05) is 24.9 Å². The van der Waals surface area contributed by atoms with E-state index in [2.05, 4.69) is 12.2 Å². The van der Waals surface area contributed by atoms with E-state index in [0.29, 0.717) is 5.56 Å². The molecule has 0 aromatic heterocycles. The second kappa shape index (κ2) is 12.7. The third-order valence-electron chi connectivity index (χ3n) is 4.76. The normalized spacial score (nSPS) is 10.7. The number of nitrogens with one attached hydrogen (secondary N) is 1. The number of carbonyl (C=O) groups excluding carboxylic acids is 2. The summed E-state index contributed by atoms with van der Waals surface area (Å²) in [5.41, 5.74) is 3.00. The number of carbonyl (C=O) groups is 2. The van der Waals surface area contributed by atoms with Crippen LogP contribution in [-0.4, -0.2) is 18.2 Å². The van der Waals surface area contributed by atoms with Crippen LogP contribution in [0.1, 0.15) is 92.6 Å². The van der Waals surface area contributed by atoms with Crippen LogP contribution in [0.25, 0.3) is 0 Å². The molecule has 0 bridgehead atoms. The van der Waals surface area contributed by atoms with Crippen molar-refractivity contribution in [3.8, 4) is 0 Å². The highest BCUT2D eigenvalue weighted by Crippen LogP contribution is 2.12. The molecule has 1 rings (SSSR count). The Hall–Kier alpha value is -1.64. The zero-order chi connectivity index (χ0) is 18.5. The lowest BCUT2D eigenvalue weighted by Gasteiger charge is -2.06. The molecule has 3 heteroatoms. The number of unbranched alkanes of at least 4 members (excludes halogenated alkanes) is 7. The van der Waals surface area contributed by atoms with Crippen LogP contribution in [0.4, 0.5) is 0 Å². The van der Waals surface area contributed by atoms with Crippen LogP contribution in [0.3, 0.4) is 0 Å². The molecular formula is C22H35NO2. The molecule has 0 saturated carbocycles. The molecule has 0 fully saturated rings. The van der Waals surface area contributed by atoms with Crippen LogP contribution in [-0.2, 0) is 4.79 Å². The predicted molar refractivity (Wildman–Crippen MR) is 105 cm³/mol. The topological polar surface area (TPSA) is 46.2 Å². The summed E-state index contributed by atoms with van der Waals surface area (Å²) in [6.07, 6.45) is 10.6. The van der Waals surface area contributed by atoms with Crippen molar-refractivity contribution in [1.82, 2.24) is 5.32 Å². The van der Waals surface area contributed by atoms with Crippen LogP contribution in [0.15, 0.2) is 18.2 Å². The maximum Gasteiger partial charge on any atom is 0.220 e. The van der Waals surface area contributed by atoms with Gasteiger partial charge in [0.1, 0.15) is 0 Å². The Kier molecular flexibility index (Phi) is 10.9. The van der Waals surface area contributed by atoms with Crippen molar-refractivity contribution < 1.29 is 9.59 Å². The molecular weight excluding hydrogens is 310 g/mol. The van der Waals surface area contributed by atoms with Gasteiger partial charge in [0.2, 0.25) is 5.91 Å². The number of aryl methyl sites for hydroxylation is 2. The van der Waals surface area contributed by atoms with Crippen molar-refractivity contribution in [2.75, 3.05) is 6.54 Å². The highest BCUT2D eigenvalue weighted by molar-refractivity contribution is 5.98. The first-order valence-electron chi connectivity index (χ1n) is 9.91. The Labute approximate surface area is 153 Å². The number of ketones is 1. The third kappa shape index (κ3) is 9.42. The largest absolute Gasteiger partial charge is 0.356 e. The SMILES string of the molecule is CCCCCCCCCCNC(=O)CCC(=O)c1ccc(C)c(C)c1. The number of amides is 1. The second-order valence-corrected chi connectivity index (χ2v) is 7.05. The minimum Gasteiger partial charge on any atom is -0.356 e. The fraction of sp³-hybridized carbons (Fsp3) is 0.636. The van der Waals surface area contributed by atoms with Crippen molar-refractivity contribution in [3.63, 3.8) is 0 Å². The minimum atomic E-state index is -0.0138. The molecule has 0 unspecified atom stereocenters. The zero-order valence-corrected chi connectivity index (χ0v) is 16.3. The maximum atomic E-state index is 12.2. The molecule has 1 aromatic rings. The van der Waals surface area contributed by atoms with Crippen molar-refractivity contribution in [2.24, 2.45) is 0 Å². The average Bonchev–Trinajstić information content (AvgIpc) is 2.60. The van der Waals surface area contributed by atoms with Crippen LogP contribution in [0.5, 0.6) is 0 Å². The monoisotopic (exact) mass is 345 g/mol. The molecule has 140 valence electrons. The summed E-state index contributed by atoms with van der Waals surface area (Å²) in [5.74, 6) is 0.0328. The summed E-state index contributed by atoms with van der Waals surface area (Å²) in [5, 5.41) is 2.93. The molecule has 1 amide bonds. The lowest BCUT2D eigenvalue weighted by molar-refractivity contribution is -0.121. The molecule has 1 aromatic carbocycles. The Morgan fingerprint density at radius 2 is 1.48 bits per heavy atom. The summed E-state index contributed by atoms with van der Waals surface area (Å²) in [6, 6.07) is 5.73. The molecule has 0 saturated heterocycles. The van der Waals surface area contributed by atoms with E-state index in [1.165, 1.54) is 50.5 Å². The molecule has 0 heterocycles. The van der Waals surface area contributed by atoms with Gasteiger partial charge >= 0.3 is 0 Å². The molecule has 0 aliphatic heterocycles. The van der Waals surface area contributed by atoms with Gasteiger partial charge in [0.25, 0.3) is 0 Å². The summed E-state index contributed by atoms with van der Waals surface area (Å²) in [6.45, 7) is 6.99. The molecule has 0 atom stereocenters. The van der Waals surface area contributed by atoms with E-state index in [1.54, 1.807) is 0 Å². The molecule has 1 N–H and O–H groups in total. The molecule has 0 spiro atoms. The van der Waals surface area contributed by atoms with E-state index in [0.717, 1.165) is 18.5 Å². The summed E-state index contributed by atoms with van der Waals surface area (Å²) < 4.78 is 0. The number of rotatable bonds is 13. The number of hydrogen-bond donors (Lipinski definition) is 1. The van der Waals surface area contributed by atoms with Gasteiger partial charge in [0.15, 0.2) is 5.78 Å². The highest BCUT2D eigenvalue weighted by Gasteiger charge is 2.09. The summed E-state index contributed by atoms with van der Waals surface area (Å²) >= 11 is 0. The Morgan fingerprint density at radius 1 is 0.840 bits per heavy atom. The quantitative estimate of drug-likeness (QED) is 0.378. The Bertz CT molecular complexity index is 537. The van der Waals surface area contributed by atoms with Gasteiger partial charge in [-0.3, -0.25) is 9.59 Å². The first kappa shape index (κ1) is 21.4. The van der Waals surface area contributed by atoms with E-state index in [1.807, 2.05) is 32.0 Å². The fourth-order valence-corrected chi connectivity index (χ4v) is 2.86. The van der Waals surface area contributed by atoms with E-state index >= 15 is 0 Å². The molecule has 0 aliphatic rings. The predicted octanol–water partition coefficient (Wildman–Crippen LogP) is 5.52. The number of benzene rings is 1. The van der Waals surface area contributed by atoms with Crippen molar-refractivity contribution in [2.45, 2.75) is 85.0 Å². The number of hydrogen-bond acceptors (Lipinski definition) is 2. The average molecular weight is 346 g/mol. The van der Waals surface area contributed by atoms with Crippen molar-refractivity contribution >= 4 is 11.7 Å². The molecule has 0 aliphatic carbocycles. The van der Waals surface area contributed by atoms with Gasteiger partial charge in [-0.25, -0.2) is 0 Å². The van der Waals surface area contributed by atoms with Crippen LogP contribution >= 0.6 is 0 Å². The van der Waals surface area contributed by atoms with E-state index < -0.39 is 0 Å². The second-order valence-electron chi connectivity index (χ2n) is 7.05. The maximum absolute atomic E-state index is 12.2. The van der Waals surface area contributed by atoms with Gasteiger partial charge in [-0.1, -0.05) is 64.0 Å². The first-order chi connectivity index (χ1) is 12.0. The van der Waals surface area contributed by atoms with Crippen LogP contribution in [0, 0.1) is 13.8 Å². The lowest BCUT2D eigenvalue weighted by atomic mass is 10.0. The van der Waals surface area contributed by atoms with Crippen LogP contribution < -0.4 is 5.32 Å². The first-order valence-corrected chi connectivity index (χ1v) is 9.91. The fourth-order valence-electron chi connectivity index (χ4n) is 2.86. The van der Waals surface area contributed by atoms with Gasteiger partial charge in [-0.2, -0.15) is 0 Å². The van der Waals surface area contributed by atoms with E-state index in [4.69, 9.17) is 0 Å². The highest BCUT2D eigenvalue weighted by atomic mass is 16.2. The Morgan fingerprint density at radius 3 is 2.12 bits per heavy atom. The van der Waals surface area contributed by atoms with Gasteiger partial charge in [0.05, 0.1) is 0 Å². The molecule has 25 heavy (non-hydrogen) atoms. The molecule has 3 nitrogen and oxygen atoms in total. The lowest BCUT2D eigenvalue weighted by Crippen LogP contribution is -2.24. The standard InChI is InChI=1S/C22H35NO2/c1-4-5-6-7-8-9-10-11-16-23-22(25)15-14-21(24)20-13-12-18(2)19(3)17-20/h12-13,17H,4-11,14-16H2,1-3H3,(H,23,25). The van der Waals surface area contributed by atoms with Crippen molar-refractivity contribution in [1.29, 1.82) is 0 Å². The van der Waals surface area contributed by atoms with Gasteiger partial charge in [-0.05, 0) is 37.5 Å². The minimum absolute atomic E-state index is 0.0138. The number of Topliss-reactive ketones (excluding diaryl/α,β-unsaturated/α-hetero) is 1. The van der Waals surface area contributed by atoms with Crippen LogP contribution in [0.2, 0.25) is 0 Å². The van der Waals surface area contributed by atoms with Gasteiger partial charge in [-0.15, -0.1) is 0 Å². The Balaban J connectivity index is 2.08. The molecule has 0 radical (unpaired) electrons. The summed E-state index contributed by atoms with van der Waals surface area (Å²) in [4.78, 5) is 24.0. The third-order valence-corrected chi connectivity index (χ3v) is 4.76. The summed E-state index contributed by atoms with van der Waals surface area (Å²) in [7, 11) is 0. The van der Waals surface area contributed by atoms with E-state index in [9.17, 15) is 9.59 Å². The van der Waals surface area contributed by atoms with E-state index in [-0.39, 0.29) is 24.5 Å². The van der Waals surface area contributed by atoms with Crippen molar-refractivity contribution in [3.05, 3.63) is 34.9 Å². The van der Waals surface area contributed by atoms with Gasteiger partial charge < -0.3 is 5.32 Å². The zero-order valence-electron chi connectivity index (χ0n) is 16.3.